The molecule has 3 aliphatic heterocycles. The highest BCUT2D eigenvalue weighted by Gasteiger charge is 2.41. The number of esters is 1. The average molecular weight is 482 g/mol. The van der Waals surface area contributed by atoms with Crippen molar-refractivity contribution in [1.29, 1.82) is 0 Å². The van der Waals surface area contributed by atoms with Crippen LogP contribution in [0.4, 0.5) is 0 Å². The molecule has 4 rings (SSSR count). The molecule has 1 aromatic rings. The molecule has 0 spiro atoms. The molecule has 0 radical (unpaired) electrons. The van der Waals surface area contributed by atoms with Gasteiger partial charge in [0.2, 0.25) is 5.91 Å². The second kappa shape index (κ2) is 10.6. The molecule has 3 heterocycles. The van der Waals surface area contributed by atoms with Gasteiger partial charge in [-0.15, -0.1) is 0 Å². The van der Waals surface area contributed by atoms with Gasteiger partial charge in [-0.3, -0.25) is 4.79 Å². The van der Waals surface area contributed by atoms with Gasteiger partial charge in [-0.25, -0.2) is 9.79 Å². The highest BCUT2D eigenvalue weighted by molar-refractivity contribution is 8.16. The lowest BCUT2D eigenvalue weighted by Crippen LogP contribution is -2.39. The number of rotatable bonds is 8. The van der Waals surface area contributed by atoms with Crippen LogP contribution in [0.2, 0.25) is 0 Å². The van der Waals surface area contributed by atoms with Crippen molar-refractivity contribution >= 4 is 28.8 Å². The van der Waals surface area contributed by atoms with Gasteiger partial charge in [0.15, 0.2) is 5.17 Å². The molecule has 1 fully saturated rings. The minimum Gasteiger partial charge on any atom is -0.458 e. The van der Waals surface area contributed by atoms with Gasteiger partial charge in [-0.1, -0.05) is 48.2 Å². The Kier molecular flexibility index (Phi) is 7.58. The van der Waals surface area contributed by atoms with Gasteiger partial charge in [0.25, 0.3) is 0 Å². The van der Waals surface area contributed by atoms with E-state index < -0.39 is 12.0 Å². The molecule has 0 saturated carbocycles. The van der Waals surface area contributed by atoms with Crippen molar-refractivity contribution in [3.05, 3.63) is 69.9 Å². The summed E-state index contributed by atoms with van der Waals surface area (Å²) >= 11 is 1.47. The fourth-order valence-corrected chi connectivity index (χ4v) is 5.49. The van der Waals surface area contributed by atoms with Crippen molar-refractivity contribution in [1.82, 2.24) is 10.2 Å². The maximum Gasteiger partial charge on any atom is 0.338 e. The number of amides is 1. The van der Waals surface area contributed by atoms with Gasteiger partial charge in [0.1, 0.15) is 6.61 Å². The topological polar surface area (TPSA) is 80.2 Å². The maximum absolute atomic E-state index is 13.2. The summed E-state index contributed by atoms with van der Waals surface area (Å²) in [5.41, 5.74) is 5.09. The Hall–Kier alpha value is -2.84. The number of allylic oxidation sites excluding steroid dienone is 1. The van der Waals surface area contributed by atoms with E-state index in [9.17, 15) is 9.59 Å². The molecule has 8 heteroatoms. The van der Waals surface area contributed by atoms with Gasteiger partial charge in [-0.05, 0) is 50.1 Å². The van der Waals surface area contributed by atoms with Gasteiger partial charge in [0, 0.05) is 18.8 Å². The van der Waals surface area contributed by atoms with Crippen LogP contribution in [0, 0.1) is 13.8 Å². The molecule has 2 atom stereocenters. The number of hydrogen-bond donors (Lipinski definition) is 1. The predicted molar refractivity (Wildman–Crippen MR) is 134 cm³/mol. The molecule has 34 heavy (non-hydrogen) atoms. The minimum absolute atomic E-state index is 0.0787. The van der Waals surface area contributed by atoms with Crippen LogP contribution in [0.1, 0.15) is 48.9 Å². The molecule has 7 nitrogen and oxygen atoms in total. The molecule has 0 unspecified atom stereocenters. The van der Waals surface area contributed by atoms with Gasteiger partial charge in [0.05, 0.1) is 29.8 Å². The average Bonchev–Trinajstić information content (AvgIpc) is 3.45. The van der Waals surface area contributed by atoms with Crippen LogP contribution >= 0.6 is 11.8 Å². The molecule has 1 aromatic carbocycles. The number of carbonyl (C=O) groups is 2. The fraction of sp³-hybridized carbons (Fsp3) is 0.423. The van der Waals surface area contributed by atoms with Gasteiger partial charge in [-0.2, -0.15) is 0 Å². The molecule has 1 amide bonds. The van der Waals surface area contributed by atoms with Crippen molar-refractivity contribution < 1.29 is 19.1 Å². The lowest BCUT2D eigenvalue weighted by atomic mass is 9.90. The number of ether oxygens (including phenoxy) is 2. The van der Waals surface area contributed by atoms with Crippen LogP contribution in [0.5, 0.6) is 0 Å². The van der Waals surface area contributed by atoms with E-state index in [0.29, 0.717) is 17.8 Å². The third kappa shape index (κ3) is 5.13. The normalized spacial score (nSPS) is 21.7. The molecule has 180 valence electrons. The monoisotopic (exact) mass is 481 g/mol. The number of nitrogens with zero attached hydrogens (tertiary/aromatic N) is 2. The SMILES string of the molecule is C=CCOC(=O)C1=C(C)N=C2SC=C(CC(=O)NC[C@H]3CCCO3)N2[C@H]1c1ccc(C)cc1C. The zero-order chi connectivity index (χ0) is 24.2. The third-order valence-corrected chi connectivity index (χ3v) is 7.05. The first-order valence-electron chi connectivity index (χ1n) is 11.6. The molecular formula is C26H31N3O4S. The highest BCUT2D eigenvalue weighted by Crippen LogP contribution is 2.45. The van der Waals surface area contributed by atoms with E-state index in [0.717, 1.165) is 47.0 Å². The quantitative estimate of drug-likeness (QED) is 0.441. The second-order valence-corrected chi connectivity index (χ2v) is 9.59. The number of aliphatic imine (C=N–C) groups is 1. The second-order valence-electron chi connectivity index (χ2n) is 8.76. The number of aryl methyl sites for hydroxylation is 2. The highest BCUT2D eigenvalue weighted by atomic mass is 32.2. The predicted octanol–water partition coefficient (Wildman–Crippen LogP) is 4.29. The van der Waals surface area contributed by atoms with Crippen molar-refractivity contribution in [2.24, 2.45) is 4.99 Å². The lowest BCUT2D eigenvalue weighted by Gasteiger charge is -2.37. The van der Waals surface area contributed by atoms with Crippen molar-refractivity contribution in [2.75, 3.05) is 19.8 Å². The molecular weight excluding hydrogens is 450 g/mol. The number of fused-ring (bicyclic) bond motifs is 1. The molecule has 0 aliphatic carbocycles. The summed E-state index contributed by atoms with van der Waals surface area (Å²) < 4.78 is 11.1. The molecule has 0 bridgehead atoms. The first-order valence-corrected chi connectivity index (χ1v) is 12.4. The summed E-state index contributed by atoms with van der Waals surface area (Å²) in [6.07, 6.45) is 3.82. The van der Waals surface area contributed by atoms with E-state index in [1.807, 2.05) is 43.2 Å². The van der Waals surface area contributed by atoms with Crippen LogP contribution in [-0.4, -0.2) is 47.8 Å². The standard InChI is InChI=1S/C26H31N3O4S/c1-5-10-33-25(31)23-18(4)28-26-29(24(23)21-9-8-16(2)12-17(21)3)19(15-34-26)13-22(30)27-14-20-7-6-11-32-20/h5,8-9,12,15,20,24H,1,6-7,10-11,13-14H2,2-4H3,(H,27,30)/t20-,24+/m1/s1. The summed E-state index contributed by atoms with van der Waals surface area (Å²) in [5, 5.41) is 5.70. The summed E-state index contributed by atoms with van der Waals surface area (Å²) in [6.45, 7) is 10.9. The van der Waals surface area contributed by atoms with Gasteiger partial charge < -0.3 is 19.7 Å². The number of thioether (sulfide) groups is 1. The number of carbonyl (C=O) groups excluding carboxylic acids is 2. The molecule has 3 aliphatic rings. The Labute approximate surface area is 205 Å². The first kappa shape index (κ1) is 24.3. The zero-order valence-electron chi connectivity index (χ0n) is 19.9. The Morgan fingerprint density at radius 2 is 2.18 bits per heavy atom. The largest absolute Gasteiger partial charge is 0.458 e. The van der Waals surface area contributed by atoms with E-state index >= 15 is 0 Å². The van der Waals surface area contributed by atoms with Crippen LogP contribution in [0.15, 0.2) is 58.2 Å². The Bertz CT molecular complexity index is 1090. The summed E-state index contributed by atoms with van der Waals surface area (Å²) in [7, 11) is 0. The van der Waals surface area contributed by atoms with Crippen molar-refractivity contribution in [3.8, 4) is 0 Å². The van der Waals surface area contributed by atoms with E-state index in [2.05, 4.69) is 18.0 Å². The lowest BCUT2D eigenvalue weighted by molar-refractivity contribution is -0.138. The van der Waals surface area contributed by atoms with Crippen molar-refractivity contribution in [2.45, 2.75) is 52.2 Å². The van der Waals surface area contributed by atoms with Gasteiger partial charge >= 0.3 is 5.97 Å². The Morgan fingerprint density at radius 3 is 2.88 bits per heavy atom. The van der Waals surface area contributed by atoms with Crippen LogP contribution in [0.25, 0.3) is 0 Å². The van der Waals surface area contributed by atoms with Crippen LogP contribution in [-0.2, 0) is 19.1 Å². The molecule has 1 N–H and O–H groups in total. The van der Waals surface area contributed by atoms with E-state index in [-0.39, 0.29) is 25.0 Å². The van der Waals surface area contributed by atoms with Crippen LogP contribution in [0.3, 0.4) is 0 Å². The third-order valence-electron chi connectivity index (χ3n) is 6.17. The summed E-state index contributed by atoms with van der Waals surface area (Å²) in [4.78, 5) is 32.7. The van der Waals surface area contributed by atoms with E-state index in [1.165, 1.54) is 11.8 Å². The first-order chi connectivity index (χ1) is 16.4. The number of amidine groups is 1. The summed E-state index contributed by atoms with van der Waals surface area (Å²) in [5.74, 6) is -0.505. The maximum atomic E-state index is 13.2. The number of hydrogen-bond acceptors (Lipinski definition) is 7. The van der Waals surface area contributed by atoms with Crippen molar-refractivity contribution in [3.63, 3.8) is 0 Å². The fourth-order valence-electron chi connectivity index (χ4n) is 4.53. The minimum atomic E-state index is -0.433. The van der Waals surface area contributed by atoms with E-state index in [1.54, 1.807) is 6.08 Å². The zero-order valence-corrected chi connectivity index (χ0v) is 20.7. The molecule has 0 aromatic heterocycles. The Balaban J connectivity index is 1.63. The molecule has 1 saturated heterocycles. The smallest absolute Gasteiger partial charge is 0.338 e. The van der Waals surface area contributed by atoms with Crippen LogP contribution < -0.4 is 5.32 Å². The Morgan fingerprint density at radius 1 is 1.35 bits per heavy atom. The summed E-state index contributed by atoms with van der Waals surface area (Å²) in [6, 6.07) is 5.75. The number of benzene rings is 1. The number of nitrogens with one attached hydrogen (secondary N) is 1. The van der Waals surface area contributed by atoms with E-state index in [4.69, 9.17) is 14.5 Å².